The van der Waals surface area contributed by atoms with Crippen LogP contribution < -0.4 is 0 Å². The molecule has 128 valence electrons. The van der Waals surface area contributed by atoms with Crippen molar-refractivity contribution >= 4 is 16.8 Å². The summed E-state index contributed by atoms with van der Waals surface area (Å²) < 4.78 is 2.15. The summed E-state index contributed by atoms with van der Waals surface area (Å²) in [5, 5.41) is 1.22. The summed E-state index contributed by atoms with van der Waals surface area (Å²) in [7, 11) is 4.16. The van der Waals surface area contributed by atoms with Gasteiger partial charge in [0.05, 0.1) is 5.52 Å². The minimum atomic E-state index is 0.133. The Bertz CT molecular complexity index is 895. The minimum absolute atomic E-state index is 0.133. The molecule has 0 saturated carbocycles. The van der Waals surface area contributed by atoms with Crippen LogP contribution in [0.2, 0.25) is 0 Å². The highest BCUT2D eigenvalue weighted by Gasteiger charge is 2.27. The van der Waals surface area contributed by atoms with E-state index in [9.17, 15) is 4.79 Å². The Kier molecular flexibility index (Phi) is 4.06. The Morgan fingerprint density at radius 2 is 1.80 bits per heavy atom. The van der Waals surface area contributed by atoms with Crippen molar-refractivity contribution in [3.63, 3.8) is 0 Å². The first kappa shape index (κ1) is 15.9. The van der Waals surface area contributed by atoms with E-state index in [-0.39, 0.29) is 5.91 Å². The third-order valence-corrected chi connectivity index (χ3v) is 5.17. The van der Waals surface area contributed by atoms with E-state index < -0.39 is 0 Å². The summed E-state index contributed by atoms with van der Waals surface area (Å²) in [6, 6.07) is 18.8. The van der Waals surface area contributed by atoms with Crippen LogP contribution in [0.25, 0.3) is 16.6 Å². The van der Waals surface area contributed by atoms with Gasteiger partial charge in [-0.15, -0.1) is 0 Å². The molecule has 1 aromatic heterocycles. The second-order valence-electron chi connectivity index (χ2n) is 6.95. The molecule has 1 saturated heterocycles. The van der Waals surface area contributed by atoms with Crippen molar-refractivity contribution in [1.29, 1.82) is 0 Å². The molecular weight excluding hydrogens is 310 g/mol. The normalized spacial score (nSPS) is 17.6. The second-order valence-corrected chi connectivity index (χ2v) is 6.95. The number of hydrogen-bond donors (Lipinski definition) is 0. The SMILES string of the molecule is CN(C)C1CCN(C(=O)c2ccc(-n3ccc4ccccc43)cc2)C1. The van der Waals surface area contributed by atoms with E-state index in [1.165, 1.54) is 10.9 Å². The van der Waals surface area contributed by atoms with Crippen molar-refractivity contribution in [1.82, 2.24) is 14.4 Å². The highest BCUT2D eigenvalue weighted by atomic mass is 16.2. The molecule has 1 amide bonds. The number of likely N-dealkylation sites (N-methyl/N-ethyl adjacent to an activating group) is 1. The summed E-state index contributed by atoms with van der Waals surface area (Å²) >= 11 is 0. The maximum atomic E-state index is 12.7. The first-order valence-electron chi connectivity index (χ1n) is 8.76. The molecule has 2 aromatic carbocycles. The van der Waals surface area contributed by atoms with Gasteiger partial charge in [0.2, 0.25) is 0 Å². The number of carbonyl (C=O) groups excluding carboxylic acids is 1. The van der Waals surface area contributed by atoms with Gasteiger partial charge in [0, 0.05) is 36.6 Å². The van der Waals surface area contributed by atoms with Crippen LogP contribution in [-0.2, 0) is 0 Å². The lowest BCUT2D eigenvalue weighted by Crippen LogP contribution is -2.34. The quantitative estimate of drug-likeness (QED) is 0.735. The molecule has 0 aliphatic carbocycles. The number of hydrogen-bond acceptors (Lipinski definition) is 2. The lowest BCUT2D eigenvalue weighted by Gasteiger charge is -2.20. The molecule has 1 aliphatic rings. The standard InChI is InChI=1S/C21H23N3O/c1-22(2)19-12-13-23(15-19)21(25)17-7-9-18(10-8-17)24-14-11-16-5-3-4-6-20(16)24/h3-11,14,19H,12-13,15H2,1-2H3. The van der Waals surface area contributed by atoms with E-state index in [1.807, 2.05) is 41.3 Å². The molecule has 0 bridgehead atoms. The highest BCUT2D eigenvalue weighted by Crippen LogP contribution is 2.22. The zero-order valence-electron chi connectivity index (χ0n) is 14.7. The number of rotatable bonds is 3. The van der Waals surface area contributed by atoms with Crippen LogP contribution in [0.5, 0.6) is 0 Å². The molecule has 2 heterocycles. The summed E-state index contributed by atoms with van der Waals surface area (Å²) in [6.07, 6.45) is 3.12. The van der Waals surface area contributed by atoms with Crippen LogP contribution in [0.1, 0.15) is 16.8 Å². The van der Waals surface area contributed by atoms with E-state index in [2.05, 4.69) is 48.0 Å². The van der Waals surface area contributed by atoms with Crippen molar-refractivity contribution < 1.29 is 4.79 Å². The molecule has 25 heavy (non-hydrogen) atoms. The number of para-hydroxylation sites is 1. The number of amides is 1. The molecule has 4 nitrogen and oxygen atoms in total. The van der Waals surface area contributed by atoms with Crippen LogP contribution in [0, 0.1) is 0 Å². The third-order valence-electron chi connectivity index (χ3n) is 5.17. The second kappa shape index (κ2) is 6.37. The predicted molar refractivity (Wildman–Crippen MR) is 101 cm³/mol. The van der Waals surface area contributed by atoms with Crippen LogP contribution in [0.15, 0.2) is 60.8 Å². The molecule has 0 spiro atoms. The number of nitrogens with zero attached hydrogens (tertiary/aromatic N) is 3. The number of aromatic nitrogens is 1. The summed E-state index contributed by atoms with van der Waals surface area (Å²) in [5.41, 5.74) is 3.01. The Morgan fingerprint density at radius 1 is 1.04 bits per heavy atom. The van der Waals surface area contributed by atoms with Gasteiger partial charge in [-0.2, -0.15) is 0 Å². The molecule has 1 aliphatic heterocycles. The van der Waals surface area contributed by atoms with Gasteiger partial charge in [-0.05, 0) is 62.3 Å². The van der Waals surface area contributed by atoms with Crippen LogP contribution in [0.3, 0.4) is 0 Å². The van der Waals surface area contributed by atoms with Gasteiger partial charge in [0.15, 0.2) is 0 Å². The van der Waals surface area contributed by atoms with Crippen molar-refractivity contribution in [2.45, 2.75) is 12.5 Å². The Morgan fingerprint density at radius 3 is 2.52 bits per heavy atom. The summed E-state index contributed by atoms with van der Waals surface area (Å²) in [6.45, 7) is 1.65. The fourth-order valence-corrected chi connectivity index (χ4v) is 3.60. The number of likely N-dealkylation sites (tertiary alicyclic amines) is 1. The maximum absolute atomic E-state index is 12.7. The monoisotopic (exact) mass is 333 g/mol. The Hall–Kier alpha value is -2.59. The van der Waals surface area contributed by atoms with E-state index in [4.69, 9.17) is 0 Å². The zero-order valence-corrected chi connectivity index (χ0v) is 14.7. The van der Waals surface area contributed by atoms with Crippen LogP contribution in [-0.4, -0.2) is 53.5 Å². The van der Waals surface area contributed by atoms with Crippen molar-refractivity contribution in [3.05, 3.63) is 66.4 Å². The van der Waals surface area contributed by atoms with Crippen molar-refractivity contribution in [2.75, 3.05) is 27.2 Å². The van der Waals surface area contributed by atoms with E-state index >= 15 is 0 Å². The summed E-state index contributed by atoms with van der Waals surface area (Å²) in [5.74, 6) is 0.133. The van der Waals surface area contributed by atoms with Crippen molar-refractivity contribution in [2.24, 2.45) is 0 Å². The van der Waals surface area contributed by atoms with Crippen molar-refractivity contribution in [3.8, 4) is 5.69 Å². The molecule has 4 heteroatoms. The Balaban J connectivity index is 1.55. The molecule has 4 rings (SSSR count). The minimum Gasteiger partial charge on any atom is -0.337 e. The van der Waals surface area contributed by atoms with Gasteiger partial charge in [-0.25, -0.2) is 0 Å². The molecule has 1 unspecified atom stereocenters. The third kappa shape index (κ3) is 2.94. The van der Waals surface area contributed by atoms with E-state index in [0.29, 0.717) is 6.04 Å². The van der Waals surface area contributed by atoms with Crippen LogP contribution in [0.4, 0.5) is 0 Å². The fourth-order valence-electron chi connectivity index (χ4n) is 3.60. The number of fused-ring (bicyclic) bond motifs is 1. The lowest BCUT2D eigenvalue weighted by molar-refractivity contribution is 0.0783. The molecule has 1 fully saturated rings. The molecule has 0 radical (unpaired) electrons. The van der Waals surface area contributed by atoms with Gasteiger partial charge in [0.25, 0.3) is 5.91 Å². The average Bonchev–Trinajstić information content (AvgIpc) is 3.29. The molecular formula is C21H23N3O. The van der Waals surface area contributed by atoms with Crippen LogP contribution >= 0.6 is 0 Å². The van der Waals surface area contributed by atoms with Gasteiger partial charge in [0.1, 0.15) is 0 Å². The first-order valence-corrected chi connectivity index (χ1v) is 8.76. The van der Waals surface area contributed by atoms with Gasteiger partial charge in [-0.1, -0.05) is 18.2 Å². The topological polar surface area (TPSA) is 28.5 Å². The Labute approximate surface area is 148 Å². The van der Waals surface area contributed by atoms with Gasteiger partial charge in [-0.3, -0.25) is 4.79 Å². The lowest BCUT2D eigenvalue weighted by atomic mass is 10.1. The number of carbonyl (C=O) groups is 1. The van der Waals surface area contributed by atoms with E-state index in [0.717, 1.165) is 30.8 Å². The smallest absolute Gasteiger partial charge is 0.253 e. The summed E-state index contributed by atoms with van der Waals surface area (Å²) in [4.78, 5) is 16.9. The zero-order chi connectivity index (χ0) is 17.4. The first-order chi connectivity index (χ1) is 12.1. The number of benzene rings is 2. The molecule has 1 atom stereocenters. The fraction of sp³-hybridized carbons (Fsp3) is 0.286. The molecule has 3 aromatic rings. The molecule has 0 N–H and O–H groups in total. The van der Waals surface area contributed by atoms with Gasteiger partial charge < -0.3 is 14.4 Å². The predicted octanol–water partition coefficient (Wildman–Crippen LogP) is 3.41. The average molecular weight is 333 g/mol. The highest BCUT2D eigenvalue weighted by molar-refractivity contribution is 5.94. The largest absolute Gasteiger partial charge is 0.337 e. The van der Waals surface area contributed by atoms with E-state index in [1.54, 1.807) is 0 Å². The van der Waals surface area contributed by atoms with Gasteiger partial charge >= 0.3 is 0 Å². The maximum Gasteiger partial charge on any atom is 0.253 e.